The van der Waals surface area contributed by atoms with E-state index in [-0.39, 0.29) is 18.1 Å². The molecular formula is C17H22N4O3. The second kappa shape index (κ2) is 7.00. The fourth-order valence-corrected chi connectivity index (χ4v) is 3.10. The van der Waals surface area contributed by atoms with Gasteiger partial charge in [0.05, 0.1) is 25.7 Å². The van der Waals surface area contributed by atoms with Crippen molar-refractivity contribution >= 4 is 5.91 Å². The lowest BCUT2D eigenvalue weighted by molar-refractivity contribution is -0.131. The first-order valence-corrected chi connectivity index (χ1v) is 7.91. The van der Waals surface area contributed by atoms with Gasteiger partial charge in [-0.1, -0.05) is 12.1 Å². The number of amides is 1. The van der Waals surface area contributed by atoms with E-state index in [1.807, 2.05) is 40.8 Å². The molecule has 2 aromatic rings. The summed E-state index contributed by atoms with van der Waals surface area (Å²) in [5, 5.41) is 8.11. The van der Waals surface area contributed by atoms with Gasteiger partial charge in [0.25, 0.3) is 0 Å². The van der Waals surface area contributed by atoms with Gasteiger partial charge in [-0.3, -0.25) is 4.79 Å². The van der Waals surface area contributed by atoms with E-state index in [4.69, 9.17) is 9.47 Å². The normalized spacial score (nSPS) is 20.4. The average Bonchev–Trinajstić information content (AvgIpc) is 3.21. The highest BCUT2D eigenvalue weighted by molar-refractivity contribution is 5.79. The number of rotatable bonds is 5. The van der Waals surface area contributed by atoms with E-state index in [9.17, 15) is 4.79 Å². The van der Waals surface area contributed by atoms with Gasteiger partial charge in [-0.05, 0) is 17.7 Å². The molecule has 0 spiro atoms. The Morgan fingerprint density at radius 3 is 2.62 bits per heavy atom. The predicted molar refractivity (Wildman–Crippen MR) is 87.6 cm³/mol. The van der Waals surface area contributed by atoms with Gasteiger partial charge >= 0.3 is 0 Å². The maximum atomic E-state index is 12.8. The molecule has 1 amide bonds. The van der Waals surface area contributed by atoms with E-state index in [1.54, 1.807) is 20.5 Å². The first-order chi connectivity index (χ1) is 11.6. The van der Waals surface area contributed by atoms with Crippen LogP contribution in [0.4, 0.5) is 0 Å². The fourth-order valence-electron chi connectivity index (χ4n) is 3.10. The van der Waals surface area contributed by atoms with Gasteiger partial charge in [0.2, 0.25) is 5.91 Å². The van der Waals surface area contributed by atoms with Crippen molar-refractivity contribution in [2.75, 3.05) is 20.8 Å². The SMILES string of the molecule is COc1ccc(CC(=O)N2C[C@H](OC)C[C@H]2c2nncn2C)cc1. The molecule has 7 nitrogen and oxygen atoms in total. The molecule has 0 unspecified atom stereocenters. The van der Waals surface area contributed by atoms with Crippen LogP contribution in [0.2, 0.25) is 0 Å². The van der Waals surface area contributed by atoms with Crippen LogP contribution in [-0.4, -0.2) is 52.4 Å². The third kappa shape index (κ3) is 3.26. The van der Waals surface area contributed by atoms with Crippen molar-refractivity contribution in [3.63, 3.8) is 0 Å². The van der Waals surface area contributed by atoms with Crippen LogP contribution < -0.4 is 4.74 Å². The van der Waals surface area contributed by atoms with E-state index in [0.29, 0.717) is 13.0 Å². The quantitative estimate of drug-likeness (QED) is 0.828. The summed E-state index contributed by atoms with van der Waals surface area (Å²) in [6, 6.07) is 7.46. The van der Waals surface area contributed by atoms with Gasteiger partial charge in [0, 0.05) is 27.1 Å². The van der Waals surface area contributed by atoms with E-state index < -0.39 is 0 Å². The Labute approximate surface area is 141 Å². The molecule has 0 aliphatic carbocycles. The third-order valence-electron chi connectivity index (χ3n) is 4.48. The number of nitrogens with zero attached hydrogens (tertiary/aromatic N) is 4. The maximum absolute atomic E-state index is 12.8. The summed E-state index contributed by atoms with van der Waals surface area (Å²) in [5.41, 5.74) is 0.957. The van der Waals surface area contributed by atoms with Gasteiger partial charge in [-0.15, -0.1) is 10.2 Å². The standard InChI is InChI=1S/C17H22N4O3/c1-20-11-18-19-17(20)15-9-14(24-3)10-21(15)16(22)8-12-4-6-13(23-2)7-5-12/h4-7,11,14-15H,8-10H2,1-3H3/t14-,15+/m1/s1. The van der Waals surface area contributed by atoms with Crippen LogP contribution in [-0.2, 0) is 23.0 Å². The molecule has 2 atom stereocenters. The summed E-state index contributed by atoms with van der Waals surface area (Å²) in [4.78, 5) is 14.7. The van der Waals surface area contributed by atoms with Crippen molar-refractivity contribution in [1.82, 2.24) is 19.7 Å². The number of hydrogen-bond donors (Lipinski definition) is 0. The van der Waals surface area contributed by atoms with E-state index in [2.05, 4.69) is 10.2 Å². The van der Waals surface area contributed by atoms with E-state index >= 15 is 0 Å². The molecule has 1 fully saturated rings. The lowest BCUT2D eigenvalue weighted by Gasteiger charge is -2.23. The smallest absolute Gasteiger partial charge is 0.227 e. The van der Waals surface area contributed by atoms with Crippen LogP contribution in [0.15, 0.2) is 30.6 Å². The molecule has 0 bridgehead atoms. The molecule has 1 saturated heterocycles. The average molecular weight is 330 g/mol. The first-order valence-electron chi connectivity index (χ1n) is 7.91. The van der Waals surface area contributed by atoms with Crippen molar-refractivity contribution in [2.45, 2.75) is 25.0 Å². The van der Waals surface area contributed by atoms with Crippen molar-refractivity contribution in [2.24, 2.45) is 7.05 Å². The minimum absolute atomic E-state index is 0.0199. The molecule has 1 aliphatic heterocycles. The molecule has 1 aromatic heterocycles. The first kappa shape index (κ1) is 16.4. The second-order valence-corrected chi connectivity index (χ2v) is 5.98. The number of likely N-dealkylation sites (tertiary alicyclic amines) is 1. The number of methoxy groups -OCH3 is 2. The van der Waals surface area contributed by atoms with Crippen molar-refractivity contribution < 1.29 is 14.3 Å². The predicted octanol–water partition coefficient (Wildman–Crippen LogP) is 1.35. The molecule has 1 aromatic carbocycles. The van der Waals surface area contributed by atoms with Crippen LogP contribution in [0, 0.1) is 0 Å². The van der Waals surface area contributed by atoms with Gasteiger partial charge < -0.3 is 18.9 Å². The monoisotopic (exact) mass is 330 g/mol. The van der Waals surface area contributed by atoms with E-state index in [1.165, 1.54) is 0 Å². The maximum Gasteiger partial charge on any atom is 0.227 e. The lowest BCUT2D eigenvalue weighted by Crippen LogP contribution is -2.34. The van der Waals surface area contributed by atoms with Gasteiger partial charge in [-0.25, -0.2) is 0 Å². The molecule has 7 heteroatoms. The number of hydrogen-bond acceptors (Lipinski definition) is 5. The second-order valence-electron chi connectivity index (χ2n) is 5.98. The molecule has 2 heterocycles. The van der Waals surface area contributed by atoms with Crippen LogP contribution >= 0.6 is 0 Å². The van der Waals surface area contributed by atoms with Crippen molar-refractivity contribution in [3.8, 4) is 5.75 Å². The van der Waals surface area contributed by atoms with Crippen LogP contribution in [0.5, 0.6) is 5.75 Å². The minimum Gasteiger partial charge on any atom is -0.497 e. The molecule has 0 saturated carbocycles. The Bertz CT molecular complexity index is 698. The fraction of sp³-hybridized carbons (Fsp3) is 0.471. The Morgan fingerprint density at radius 2 is 2.04 bits per heavy atom. The van der Waals surface area contributed by atoms with Gasteiger partial charge in [-0.2, -0.15) is 0 Å². The topological polar surface area (TPSA) is 69.5 Å². The summed E-state index contributed by atoms with van der Waals surface area (Å²) < 4.78 is 12.5. The molecule has 24 heavy (non-hydrogen) atoms. The minimum atomic E-state index is -0.104. The highest BCUT2D eigenvalue weighted by atomic mass is 16.5. The number of aryl methyl sites for hydroxylation is 1. The zero-order chi connectivity index (χ0) is 17.1. The summed E-state index contributed by atoms with van der Waals surface area (Å²) in [5.74, 6) is 1.63. The van der Waals surface area contributed by atoms with Crippen LogP contribution in [0.3, 0.4) is 0 Å². The highest BCUT2D eigenvalue weighted by Gasteiger charge is 2.38. The molecule has 3 rings (SSSR count). The Balaban J connectivity index is 1.76. The van der Waals surface area contributed by atoms with Gasteiger partial charge in [0.15, 0.2) is 5.82 Å². The molecule has 128 valence electrons. The zero-order valence-corrected chi connectivity index (χ0v) is 14.2. The number of ether oxygens (including phenoxy) is 2. The molecule has 0 N–H and O–H groups in total. The number of carbonyl (C=O) groups is 1. The molecular weight excluding hydrogens is 308 g/mol. The summed E-state index contributed by atoms with van der Waals surface area (Å²) >= 11 is 0. The van der Waals surface area contributed by atoms with Crippen LogP contribution in [0.1, 0.15) is 23.9 Å². The summed E-state index contributed by atoms with van der Waals surface area (Å²) in [6.07, 6.45) is 2.75. The van der Waals surface area contributed by atoms with Gasteiger partial charge in [0.1, 0.15) is 12.1 Å². The number of carbonyl (C=O) groups excluding carboxylic acids is 1. The Morgan fingerprint density at radius 1 is 1.29 bits per heavy atom. The van der Waals surface area contributed by atoms with Crippen molar-refractivity contribution in [1.29, 1.82) is 0 Å². The Kier molecular flexibility index (Phi) is 4.80. The Hall–Kier alpha value is -2.41. The lowest BCUT2D eigenvalue weighted by atomic mass is 10.1. The third-order valence-corrected chi connectivity index (χ3v) is 4.48. The number of aromatic nitrogens is 3. The van der Waals surface area contributed by atoms with E-state index in [0.717, 1.165) is 23.6 Å². The molecule has 0 radical (unpaired) electrons. The van der Waals surface area contributed by atoms with Crippen LogP contribution in [0.25, 0.3) is 0 Å². The summed E-state index contributed by atoms with van der Waals surface area (Å²) in [6.45, 7) is 0.572. The highest BCUT2D eigenvalue weighted by Crippen LogP contribution is 2.32. The van der Waals surface area contributed by atoms with Crippen molar-refractivity contribution in [3.05, 3.63) is 42.0 Å². The zero-order valence-electron chi connectivity index (χ0n) is 14.2. The largest absolute Gasteiger partial charge is 0.497 e. The summed E-state index contributed by atoms with van der Waals surface area (Å²) in [7, 11) is 5.19. The number of benzene rings is 1. The molecule has 1 aliphatic rings.